The number of amides is 2. The topological polar surface area (TPSA) is 85.1 Å². The van der Waals surface area contributed by atoms with Crippen LogP contribution in [0.2, 0.25) is 0 Å². The van der Waals surface area contributed by atoms with Crippen LogP contribution in [-0.2, 0) is 20.7 Å². The molecule has 1 unspecified atom stereocenters. The van der Waals surface area contributed by atoms with Gasteiger partial charge in [0, 0.05) is 38.5 Å². The lowest BCUT2D eigenvalue weighted by Gasteiger charge is -2.46. The number of nitrogens with zero attached hydrogens (tertiary/aromatic N) is 2. The number of methoxy groups -OCH3 is 1. The number of nitrogens with two attached hydrogens (primary N) is 1. The van der Waals surface area contributed by atoms with Crippen molar-refractivity contribution < 1.29 is 23.5 Å². The van der Waals surface area contributed by atoms with E-state index in [4.69, 9.17) is 15.2 Å². The van der Waals surface area contributed by atoms with Crippen LogP contribution >= 0.6 is 0 Å². The van der Waals surface area contributed by atoms with Gasteiger partial charge in [-0.05, 0) is 55.2 Å². The summed E-state index contributed by atoms with van der Waals surface area (Å²) in [5.41, 5.74) is 6.38. The fraction of sp³-hybridized carbons (Fsp3) is 0.440. The molecule has 2 fully saturated rings. The van der Waals surface area contributed by atoms with Crippen LogP contribution in [0, 0.1) is 11.2 Å². The highest BCUT2D eigenvalue weighted by Gasteiger charge is 2.46. The molecule has 2 heterocycles. The number of ether oxygens (including phenoxy) is 2. The standard InChI is InChI=1S/C25H30FN3O4/c1-32-20-8-6-19(7-9-20)28-12-13-29(22(17-28)23(27)30)24(31)25(10-14-33-15-11-25)16-18-4-2-3-5-21(18)26/h2-9,22H,10-17H2,1H3,(H2,27,30). The Morgan fingerprint density at radius 3 is 2.45 bits per heavy atom. The summed E-state index contributed by atoms with van der Waals surface area (Å²) in [4.78, 5) is 30.0. The van der Waals surface area contributed by atoms with Gasteiger partial charge in [-0.15, -0.1) is 0 Å². The third kappa shape index (κ3) is 4.80. The Morgan fingerprint density at radius 1 is 1.12 bits per heavy atom. The number of hydrogen-bond donors (Lipinski definition) is 1. The predicted molar refractivity (Wildman–Crippen MR) is 122 cm³/mol. The molecule has 0 aliphatic carbocycles. The highest BCUT2D eigenvalue weighted by Crippen LogP contribution is 2.38. The molecule has 2 aromatic rings. The first-order chi connectivity index (χ1) is 15.9. The van der Waals surface area contributed by atoms with Gasteiger partial charge < -0.3 is 25.0 Å². The van der Waals surface area contributed by atoms with Gasteiger partial charge in [0.2, 0.25) is 11.8 Å². The summed E-state index contributed by atoms with van der Waals surface area (Å²) in [5.74, 6) is -0.276. The molecule has 0 spiro atoms. The first kappa shape index (κ1) is 23.0. The fourth-order valence-electron chi connectivity index (χ4n) is 4.84. The summed E-state index contributed by atoms with van der Waals surface area (Å²) in [5, 5.41) is 0. The van der Waals surface area contributed by atoms with Crippen LogP contribution in [0.25, 0.3) is 0 Å². The first-order valence-corrected chi connectivity index (χ1v) is 11.2. The summed E-state index contributed by atoms with van der Waals surface area (Å²) in [6, 6.07) is 13.3. The minimum atomic E-state index is -0.823. The van der Waals surface area contributed by atoms with Gasteiger partial charge in [0.25, 0.3) is 0 Å². The molecule has 0 bridgehead atoms. The largest absolute Gasteiger partial charge is 0.497 e. The zero-order valence-electron chi connectivity index (χ0n) is 18.8. The SMILES string of the molecule is COc1ccc(N2CCN(C(=O)C3(Cc4ccccc4F)CCOCC3)C(C(N)=O)C2)cc1. The molecule has 0 aromatic heterocycles. The highest BCUT2D eigenvalue weighted by molar-refractivity contribution is 5.90. The number of carbonyl (C=O) groups is 2. The maximum absolute atomic E-state index is 14.5. The molecule has 2 aromatic carbocycles. The number of anilines is 1. The van der Waals surface area contributed by atoms with E-state index in [0.29, 0.717) is 51.3 Å². The van der Waals surface area contributed by atoms with Crippen molar-refractivity contribution in [2.24, 2.45) is 11.1 Å². The summed E-state index contributed by atoms with van der Waals surface area (Å²) in [7, 11) is 1.61. The Labute approximate surface area is 193 Å². The zero-order valence-corrected chi connectivity index (χ0v) is 18.8. The Bertz CT molecular complexity index is 991. The lowest BCUT2D eigenvalue weighted by atomic mass is 9.73. The molecular weight excluding hydrogens is 425 g/mol. The van der Waals surface area contributed by atoms with Gasteiger partial charge in [-0.25, -0.2) is 4.39 Å². The van der Waals surface area contributed by atoms with Gasteiger partial charge in [-0.1, -0.05) is 18.2 Å². The molecule has 2 aliphatic rings. The number of hydrogen-bond acceptors (Lipinski definition) is 5. The van der Waals surface area contributed by atoms with Gasteiger partial charge in [-0.2, -0.15) is 0 Å². The monoisotopic (exact) mass is 455 g/mol. The maximum Gasteiger partial charge on any atom is 0.242 e. The van der Waals surface area contributed by atoms with Crippen LogP contribution in [0.1, 0.15) is 18.4 Å². The van der Waals surface area contributed by atoms with Crippen molar-refractivity contribution >= 4 is 17.5 Å². The van der Waals surface area contributed by atoms with Crippen molar-refractivity contribution in [1.29, 1.82) is 0 Å². The van der Waals surface area contributed by atoms with Gasteiger partial charge in [0.15, 0.2) is 0 Å². The van der Waals surface area contributed by atoms with Crippen molar-refractivity contribution in [2.45, 2.75) is 25.3 Å². The summed E-state index contributed by atoms with van der Waals surface area (Å²) < 4.78 is 25.2. The number of piperazine rings is 1. The van der Waals surface area contributed by atoms with Gasteiger partial charge in [0.05, 0.1) is 12.5 Å². The molecule has 2 amide bonds. The normalized spacial score (nSPS) is 20.4. The Hall–Kier alpha value is -3.13. The lowest BCUT2D eigenvalue weighted by molar-refractivity contribution is -0.153. The molecule has 2 N–H and O–H groups in total. The van der Waals surface area contributed by atoms with Crippen molar-refractivity contribution in [2.75, 3.05) is 44.9 Å². The molecule has 2 aliphatic heterocycles. The van der Waals surface area contributed by atoms with Crippen molar-refractivity contribution in [1.82, 2.24) is 4.90 Å². The van der Waals surface area contributed by atoms with Gasteiger partial charge >= 0.3 is 0 Å². The number of rotatable bonds is 6. The molecule has 8 heteroatoms. The van der Waals surface area contributed by atoms with E-state index in [-0.39, 0.29) is 18.1 Å². The van der Waals surface area contributed by atoms with Crippen LogP contribution in [0.5, 0.6) is 5.75 Å². The fourth-order valence-corrected chi connectivity index (χ4v) is 4.84. The van der Waals surface area contributed by atoms with Crippen LogP contribution in [0.15, 0.2) is 48.5 Å². The molecule has 33 heavy (non-hydrogen) atoms. The summed E-state index contributed by atoms with van der Waals surface area (Å²) in [6.45, 7) is 2.08. The lowest BCUT2D eigenvalue weighted by Crippen LogP contribution is -2.63. The van der Waals surface area contributed by atoms with Crippen LogP contribution in [0.3, 0.4) is 0 Å². The second kappa shape index (κ2) is 9.79. The molecule has 4 rings (SSSR count). The van der Waals surface area contributed by atoms with E-state index < -0.39 is 17.4 Å². The number of carbonyl (C=O) groups excluding carboxylic acids is 2. The molecule has 2 saturated heterocycles. The van der Waals surface area contributed by atoms with Crippen molar-refractivity contribution in [3.05, 3.63) is 59.9 Å². The molecule has 7 nitrogen and oxygen atoms in total. The van der Waals surface area contributed by atoms with Crippen molar-refractivity contribution in [3.63, 3.8) is 0 Å². The van der Waals surface area contributed by atoms with E-state index in [1.807, 2.05) is 29.2 Å². The minimum Gasteiger partial charge on any atom is -0.497 e. The van der Waals surface area contributed by atoms with Crippen LogP contribution in [-0.4, -0.2) is 62.7 Å². The molecule has 0 saturated carbocycles. The average molecular weight is 456 g/mol. The minimum absolute atomic E-state index is 0.146. The average Bonchev–Trinajstić information content (AvgIpc) is 2.85. The van der Waals surface area contributed by atoms with E-state index in [1.165, 1.54) is 6.07 Å². The van der Waals surface area contributed by atoms with E-state index in [0.717, 1.165) is 11.4 Å². The van der Waals surface area contributed by atoms with E-state index in [2.05, 4.69) is 0 Å². The molecule has 176 valence electrons. The smallest absolute Gasteiger partial charge is 0.242 e. The van der Waals surface area contributed by atoms with Crippen LogP contribution in [0.4, 0.5) is 10.1 Å². The molecule has 1 atom stereocenters. The predicted octanol–water partition coefficient (Wildman–Crippen LogP) is 2.38. The third-order valence-electron chi connectivity index (χ3n) is 6.80. The molecule has 0 radical (unpaired) electrons. The zero-order chi connectivity index (χ0) is 23.4. The van der Waals surface area contributed by atoms with Crippen LogP contribution < -0.4 is 15.4 Å². The van der Waals surface area contributed by atoms with Crippen molar-refractivity contribution in [3.8, 4) is 5.75 Å². The van der Waals surface area contributed by atoms with Gasteiger partial charge in [0.1, 0.15) is 17.6 Å². The number of benzene rings is 2. The van der Waals surface area contributed by atoms with Gasteiger partial charge in [-0.3, -0.25) is 9.59 Å². The highest BCUT2D eigenvalue weighted by atomic mass is 19.1. The summed E-state index contributed by atoms with van der Waals surface area (Å²) >= 11 is 0. The second-order valence-electron chi connectivity index (χ2n) is 8.72. The second-order valence-corrected chi connectivity index (χ2v) is 8.72. The first-order valence-electron chi connectivity index (χ1n) is 11.2. The Morgan fingerprint density at radius 2 is 1.82 bits per heavy atom. The Kier molecular flexibility index (Phi) is 6.83. The summed E-state index contributed by atoms with van der Waals surface area (Å²) in [6.07, 6.45) is 1.22. The Balaban J connectivity index is 1.58. The maximum atomic E-state index is 14.5. The van der Waals surface area contributed by atoms with E-state index in [1.54, 1.807) is 30.2 Å². The third-order valence-corrected chi connectivity index (χ3v) is 6.80. The van der Waals surface area contributed by atoms with E-state index >= 15 is 0 Å². The van der Waals surface area contributed by atoms with E-state index in [9.17, 15) is 14.0 Å². The number of halogens is 1. The number of primary amides is 1. The molecular formula is C25H30FN3O4. The quantitative estimate of drug-likeness (QED) is 0.723.